The molecule has 132 valence electrons. The van der Waals surface area contributed by atoms with Crippen LogP contribution in [0.15, 0.2) is 24.3 Å². The molecular formula is C19H23N3O3. The molecule has 0 aromatic heterocycles. The van der Waals surface area contributed by atoms with Gasteiger partial charge in [-0.25, -0.2) is 0 Å². The predicted molar refractivity (Wildman–Crippen MR) is 92.9 cm³/mol. The van der Waals surface area contributed by atoms with E-state index in [0.717, 1.165) is 30.5 Å². The van der Waals surface area contributed by atoms with Gasteiger partial charge in [0.1, 0.15) is 0 Å². The SMILES string of the molecule is O=C1CC(C(=O)N2CCC(C3C(=O)Nc4ccccc43)CC2)CCN1. The van der Waals surface area contributed by atoms with E-state index in [1.165, 1.54) is 0 Å². The van der Waals surface area contributed by atoms with Crippen LogP contribution in [0.25, 0.3) is 0 Å². The number of hydrogen-bond donors (Lipinski definition) is 2. The summed E-state index contributed by atoms with van der Waals surface area (Å²) in [5.74, 6) is 0.135. The van der Waals surface area contributed by atoms with Crippen molar-refractivity contribution in [2.75, 3.05) is 25.0 Å². The summed E-state index contributed by atoms with van der Waals surface area (Å²) in [6, 6.07) is 7.87. The number of carbonyl (C=O) groups excluding carboxylic acids is 3. The molecule has 0 spiro atoms. The highest BCUT2D eigenvalue weighted by Crippen LogP contribution is 2.41. The monoisotopic (exact) mass is 341 g/mol. The normalized spacial score (nSPS) is 26.8. The standard InChI is InChI=1S/C19H23N3O3/c23-16-11-13(5-8-20-16)19(25)22-9-6-12(7-10-22)17-14-3-1-2-4-15(14)21-18(17)24/h1-4,12-13,17H,5-11H2,(H,20,23)(H,21,24). The minimum atomic E-state index is -0.180. The van der Waals surface area contributed by atoms with Gasteiger partial charge in [-0.1, -0.05) is 18.2 Å². The Bertz CT molecular complexity index is 710. The quantitative estimate of drug-likeness (QED) is 0.855. The van der Waals surface area contributed by atoms with Crippen LogP contribution in [-0.4, -0.2) is 42.3 Å². The average molecular weight is 341 g/mol. The van der Waals surface area contributed by atoms with Crippen LogP contribution in [0.4, 0.5) is 5.69 Å². The molecule has 2 unspecified atom stereocenters. The Morgan fingerprint density at radius 3 is 2.60 bits per heavy atom. The maximum absolute atomic E-state index is 12.7. The molecule has 2 N–H and O–H groups in total. The van der Waals surface area contributed by atoms with E-state index in [1.807, 2.05) is 29.2 Å². The van der Waals surface area contributed by atoms with Crippen molar-refractivity contribution in [2.24, 2.45) is 11.8 Å². The van der Waals surface area contributed by atoms with E-state index in [1.54, 1.807) is 0 Å². The molecule has 1 aromatic carbocycles. The Morgan fingerprint density at radius 2 is 1.84 bits per heavy atom. The van der Waals surface area contributed by atoms with E-state index < -0.39 is 0 Å². The number of nitrogens with one attached hydrogen (secondary N) is 2. The molecule has 6 heteroatoms. The fourth-order valence-corrected chi connectivity index (χ4v) is 4.41. The number of para-hydroxylation sites is 1. The van der Waals surface area contributed by atoms with Crippen molar-refractivity contribution in [3.63, 3.8) is 0 Å². The predicted octanol–water partition coefficient (Wildman–Crippen LogP) is 1.49. The second-order valence-corrected chi connectivity index (χ2v) is 7.26. The van der Waals surface area contributed by atoms with E-state index in [2.05, 4.69) is 10.6 Å². The van der Waals surface area contributed by atoms with Gasteiger partial charge < -0.3 is 15.5 Å². The van der Waals surface area contributed by atoms with Crippen LogP contribution >= 0.6 is 0 Å². The lowest BCUT2D eigenvalue weighted by Gasteiger charge is -2.36. The van der Waals surface area contributed by atoms with E-state index in [0.29, 0.717) is 26.1 Å². The van der Waals surface area contributed by atoms with Crippen molar-refractivity contribution >= 4 is 23.4 Å². The van der Waals surface area contributed by atoms with Crippen LogP contribution in [0.5, 0.6) is 0 Å². The summed E-state index contributed by atoms with van der Waals surface area (Å²) >= 11 is 0. The third-order valence-corrected chi connectivity index (χ3v) is 5.75. The molecule has 1 aromatic rings. The van der Waals surface area contributed by atoms with Gasteiger partial charge in [0.05, 0.1) is 5.92 Å². The lowest BCUT2D eigenvalue weighted by atomic mass is 9.80. The van der Waals surface area contributed by atoms with Crippen LogP contribution in [0.3, 0.4) is 0 Å². The maximum Gasteiger partial charge on any atom is 0.232 e. The number of benzene rings is 1. The molecule has 6 nitrogen and oxygen atoms in total. The molecule has 4 rings (SSSR count). The molecule has 0 bridgehead atoms. The molecule has 3 aliphatic heterocycles. The molecule has 2 saturated heterocycles. The van der Waals surface area contributed by atoms with Crippen molar-refractivity contribution in [1.82, 2.24) is 10.2 Å². The Balaban J connectivity index is 1.39. The third kappa shape index (κ3) is 3.01. The first kappa shape index (κ1) is 16.1. The molecule has 3 aliphatic rings. The van der Waals surface area contributed by atoms with Gasteiger partial charge in [-0.15, -0.1) is 0 Å². The van der Waals surface area contributed by atoms with Gasteiger partial charge in [-0.3, -0.25) is 14.4 Å². The van der Waals surface area contributed by atoms with Gasteiger partial charge in [0.2, 0.25) is 17.7 Å². The summed E-state index contributed by atoms with van der Waals surface area (Å²) in [5, 5.41) is 5.75. The summed E-state index contributed by atoms with van der Waals surface area (Å²) in [6.07, 6.45) is 2.69. The number of rotatable bonds is 2. The minimum Gasteiger partial charge on any atom is -0.356 e. The summed E-state index contributed by atoms with van der Waals surface area (Å²) < 4.78 is 0. The molecule has 0 radical (unpaired) electrons. The first-order valence-electron chi connectivity index (χ1n) is 9.09. The molecule has 0 aliphatic carbocycles. The van der Waals surface area contributed by atoms with Crippen LogP contribution in [0.1, 0.15) is 37.2 Å². The van der Waals surface area contributed by atoms with Crippen molar-refractivity contribution in [2.45, 2.75) is 31.6 Å². The van der Waals surface area contributed by atoms with Gasteiger partial charge in [-0.05, 0) is 36.8 Å². The molecule has 0 saturated carbocycles. The smallest absolute Gasteiger partial charge is 0.232 e. The van der Waals surface area contributed by atoms with Crippen molar-refractivity contribution in [3.8, 4) is 0 Å². The topological polar surface area (TPSA) is 78.5 Å². The lowest BCUT2D eigenvalue weighted by Crippen LogP contribution is -2.46. The summed E-state index contributed by atoms with van der Waals surface area (Å²) in [6.45, 7) is 1.94. The van der Waals surface area contributed by atoms with Crippen molar-refractivity contribution in [1.29, 1.82) is 0 Å². The van der Waals surface area contributed by atoms with Crippen LogP contribution < -0.4 is 10.6 Å². The molecule has 2 atom stereocenters. The first-order chi connectivity index (χ1) is 12.1. The van der Waals surface area contributed by atoms with E-state index in [9.17, 15) is 14.4 Å². The summed E-state index contributed by atoms with van der Waals surface area (Å²) in [4.78, 5) is 38.5. The summed E-state index contributed by atoms with van der Waals surface area (Å²) in [5.41, 5.74) is 2.01. The largest absolute Gasteiger partial charge is 0.356 e. The Labute approximate surface area is 147 Å². The van der Waals surface area contributed by atoms with Gasteiger partial charge >= 0.3 is 0 Å². The van der Waals surface area contributed by atoms with Gasteiger partial charge in [0.25, 0.3) is 0 Å². The number of anilines is 1. The van der Waals surface area contributed by atoms with Gasteiger partial charge in [0, 0.05) is 37.7 Å². The Morgan fingerprint density at radius 1 is 1.08 bits per heavy atom. The molecule has 25 heavy (non-hydrogen) atoms. The highest BCUT2D eigenvalue weighted by atomic mass is 16.2. The van der Waals surface area contributed by atoms with Crippen LogP contribution in [-0.2, 0) is 14.4 Å². The Kier molecular flexibility index (Phi) is 4.19. The number of amides is 3. The lowest BCUT2D eigenvalue weighted by molar-refractivity contribution is -0.141. The molecule has 2 fully saturated rings. The van der Waals surface area contributed by atoms with E-state index in [-0.39, 0.29) is 35.5 Å². The first-order valence-corrected chi connectivity index (χ1v) is 9.09. The van der Waals surface area contributed by atoms with Crippen LogP contribution in [0.2, 0.25) is 0 Å². The van der Waals surface area contributed by atoms with E-state index >= 15 is 0 Å². The Hall–Kier alpha value is -2.37. The van der Waals surface area contributed by atoms with Gasteiger partial charge in [-0.2, -0.15) is 0 Å². The molecule has 3 amide bonds. The molecular weight excluding hydrogens is 318 g/mol. The zero-order valence-electron chi connectivity index (χ0n) is 14.2. The highest BCUT2D eigenvalue weighted by molar-refractivity contribution is 6.03. The second kappa shape index (κ2) is 6.50. The minimum absolute atomic E-state index is 0.0290. The number of piperidine rings is 2. The number of hydrogen-bond acceptors (Lipinski definition) is 3. The fraction of sp³-hybridized carbons (Fsp3) is 0.526. The highest BCUT2D eigenvalue weighted by Gasteiger charge is 2.39. The number of nitrogens with zero attached hydrogens (tertiary/aromatic N) is 1. The van der Waals surface area contributed by atoms with Crippen molar-refractivity contribution < 1.29 is 14.4 Å². The van der Waals surface area contributed by atoms with Gasteiger partial charge in [0.15, 0.2) is 0 Å². The molecule has 3 heterocycles. The number of likely N-dealkylation sites (tertiary alicyclic amines) is 1. The second-order valence-electron chi connectivity index (χ2n) is 7.26. The summed E-state index contributed by atoms with van der Waals surface area (Å²) in [7, 11) is 0. The average Bonchev–Trinajstić information content (AvgIpc) is 2.97. The zero-order chi connectivity index (χ0) is 17.4. The zero-order valence-corrected chi connectivity index (χ0v) is 14.2. The number of fused-ring (bicyclic) bond motifs is 1. The van der Waals surface area contributed by atoms with E-state index in [4.69, 9.17) is 0 Å². The fourth-order valence-electron chi connectivity index (χ4n) is 4.41. The number of carbonyl (C=O) groups is 3. The van der Waals surface area contributed by atoms with Crippen molar-refractivity contribution in [3.05, 3.63) is 29.8 Å². The maximum atomic E-state index is 12.7. The van der Waals surface area contributed by atoms with Crippen LogP contribution in [0, 0.1) is 11.8 Å². The third-order valence-electron chi connectivity index (χ3n) is 5.75.